The van der Waals surface area contributed by atoms with Crippen molar-refractivity contribution in [2.24, 2.45) is 0 Å². The molecule has 32 heavy (non-hydrogen) atoms. The van der Waals surface area contributed by atoms with Crippen molar-refractivity contribution in [2.75, 3.05) is 23.7 Å². The summed E-state index contributed by atoms with van der Waals surface area (Å²) in [6.07, 6.45) is -0.846. The van der Waals surface area contributed by atoms with Crippen molar-refractivity contribution in [3.05, 3.63) is 64.0 Å². The zero-order valence-corrected chi connectivity index (χ0v) is 18.2. The van der Waals surface area contributed by atoms with Crippen LogP contribution in [0.4, 0.5) is 16.5 Å². The molecule has 0 saturated heterocycles. The molecule has 1 heterocycles. The number of carbonyl (C=O) groups is 2. The van der Waals surface area contributed by atoms with Crippen molar-refractivity contribution in [1.29, 1.82) is 0 Å². The van der Waals surface area contributed by atoms with Gasteiger partial charge in [-0.15, -0.1) is 0 Å². The van der Waals surface area contributed by atoms with Gasteiger partial charge in [-0.05, 0) is 44.0 Å². The minimum atomic E-state index is -1.23. The van der Waals surface area contributed by atoms with Crippen LogP contribution in [-0.2, 0) is 11.2 Å². The lowest BCUT2D eigenvalue weighted by Crippen LogP contribution is -2.44. The van der Waals surface area contributed by atoms with Gasteiger partial charge in [-0.3, -0.25) is 10.1 Å². The highest BCUT2D eigenvalue weighted by Crippen LogP contribution is 2.23. The molecule has 0 spiro atoms. The quantitative estimate of drug-likeness (QED) is 0.492. The van der Waals surface area contributed by atoms with E-state index in [1.54, 1.807) is 11.8 Å². The van der Waals surface area contributed by atoms with Gasteiger partial charge >= 0.3 is 11.7 Å². The number of carbonyl (C=O) groups excluding carboxylic acids is 1. The molecule has 1 aromatic heterocycles. The van der Waals surface area contributed by atoms with E-state index in [0.717, 1.165) is 5.56 Å². The lowest BCUT2D eigenvalue weighted by molar-refractivity contribution is -0.131. The molecule has 0 unspecified atom stereocenters. The molecule has 0 bridgehead atoms. The van der Waals surface area contributed by atoms with Gasteiger partial charge in [-0.2, -0.15) is 4.98 Å². The van der Waals surface area contributed by atoms with Crippen molar-refractivity contribution in [1.82, 2.24) is 9.88 Å². The summed E-state index contributed by atoms with van der Waals surface area (Å²) in [5.41, 5.74) is 1.31. The van der Waals surface area contributed by atoms with Crippen LogP contribution in [0.2, 0.25) is 0 Å². The number of aryl methyl sites for hydroxylation is 1. The van der Waals surface area contributed by atoms with Crippen LogP contribution >= 0.6 is 0 Å². The zero-order valence-electron chi connectivity index (χ0n) is 18.2. The molecule has 0 radical (unpaired) electrons. The second kappa shape index (κ2) is 9.95. The maximum absolute atomic E-state index is 13.1. The molecule has 0 saturated carbocycles. The summed E-state index contributed by atoms with van der Waals surface area (Å²) < 4.78 is 5.37. The minimum absolute atomic E-state index is 0.0673. The Morgan fingerprint density at radius 2 is 1.81 bits per heavy atom. The summed E-state index contributed by atoms with van der Waals surface area (Å²) in [6.45, 7) is 6.52. The normalized spacial score (nSPS) is 11.7. The fourth-order valence-electron chi connectivity index (χ4n) is 3.59. The minimum Gasteiger partial charge on any atom is -0.465 e. The van der Waals surface area contributed by atoms with E-state index < -0.39 is 17.8 Å². The van der Waals surface area contributed by atoms with Crippen LogP contribution in [0.5, 0.6) is 0 Å². The molecule has 1 atom stereocenters. The highest BCUT2D eigenvalue weighted by atomic mass is 16.4. The molecule has 9 heteroatoms. The SMILES string of the molecule is CCN(CC)C(=O)[C@H](Cc1ccccc1)Nc1nc2ccc(NC(=O)O)c(C)c2c(=O)o1. The number of aromatic nitrogens is 1. The van der Waals surface area contributed by atoms with Crippen LogP contribution in [-0.4, -0.2) is 46.1 Å². The van der Waals surface area contributed by atoms with Crippen LogP contribution in [0, 0.1) is 6.92 Å². The molecule has 2 aromatic carbocycles. The molecular weight excluding hydrogens is 412 g/mol. The number of nitrogens with one attached hydrogen (secondary N) is 2. The average Bonchev–Trinajstić information content (AvgIpc) is 2.76. The van der Waals surface area contributed by atoms with E-state index in [4.69, 9.17) is 9.52 Å². The Hall–Kier alpha value is -3.88. The van der Waals surface area contributed by atoms with E-state index in [9.17, 15) is 14.4 Å². The molecule has 9 nitrogen and oxygen atoms in total. The molecule has 3 N–H and O–H groups in total. The lowest BCUT2D eigenvalue weighted by Gasteiger charge is -2.25. The Balaban J connectivity index is 1.97. The third-order valence-corrected chi connectivity index (χ3v) is 5.25. The first-order valence-corrected chi connectivity index (χ1v) is 10.4. The zero-order chi connectivity index (χ0) is 23.3. The summed E-state index contributed by atoms with van der Waals surface area (Å²) >= 11 is 0. The van der Waals surface area contributed by atoms with Gasteiger partial charge in [-0.1, -0.05) is 30.3 Å². The third-order valence-electron chi connectivity index (χ3n) is 5.25. The van der Waals surface area contributed by atoms with Crippen molar-refractivity contribution >= 4 is 34.6 Å². The predicted molar refractivity (Wildman–Crippen MR) is 122 cm³/mol. The molecule has 0 aliphatic carbocycles. The Bertz CT molecular complexity index is 1170. The number of carboxylic acid groups (broad SMARTS) is 1. The van der Waals surface area contributed by atoms with Gasteiger partial charge < -0.3 is 19.7 Å². The molecule has 0 aliphatic rings. The van der Waals surface area contributed by atoms with Crippen LogP contribution in [0.1, 0.15) is 25.0 Å². The molecular formula is C23H26N4O5. The van der Waals surface area contributed by atoms with E-state index in [0.29, 0.717) is 30.6 Å². The van der Waals surface area contributed by atoms with Crippen molar-refractivity contribution < 1.29 is 19.1 Å². The van der Waals surface area contributed by atoms with Crippen LogP contribution in [0.3, 0.4) is 0 Å². The largest absolute Gasteiger partial charge is 0.465 e. The summed E-state index contributed by atoms with van der Waals surface area (Å²) in [5, 5.41) is 14.4. The number of benzene rings is 2. The Kier molecular flexibility index (Phi) is 7.09. The fraction of sp³-hybridized carbons (Fsp3) is 0.304. The van der Waals surface area contributed by atoms with E-state index in [1.165, 1.54) is 12.1 Å². The molecule has 168 valence electrons. The maximum Gasteiger partial charge on any atom is 0.409 e. The summed E-state index contributed by atoms with van der Waals surface area (Å²) in [6, 6.07) is 11.9. The van der Waals surface area contributed by atoms with Crippen molar-refractivity contribution in [3.63, 3.8) is 0 Å². The van der Waals surface area contributed by atoms with Gasteiger partial charge in [0.05, 0.1) is 10.9 Å². The van der Waals surface area contributed by atoms with E-state index in [2.05, 4.69) is 15.6 Å². The highest BCUT2D eigenvalue weighted by molar-refractivity contribution is 5.92. The first-order valence-electron chi connectivity index (χ1n) is 10.4. The number of nitrogens with zero attached hydrogens (tertiary/aromatic N) is 2. The van der Waals surface area contributed by atoms with Crippen molar-refractivity contribution in [2.45, 2.75) is 33.2 Å². The van der Waals surface area contributed by atoms with Gasteiger partial charge in [0.2, 0.25) is 5.91 Å². The summed E-state index contributed by atoms with van der Waals surface area (Å²) in [4.78, 5) is 42.8. The van der Waals surface area contributed by atoms with Gasteiger partial charge in [0.15, 0.2) is 0 Å². The number of fused-ring (bicyclic) bond motifs is 1. The molecule has 3 rings (SSSR count). The number of rotatable bonds is 8. The first-order chi connectivity index (χ1) is 15.3. The van der Waals surface area contributed by atoms with Gasteiger partial charge in [-0.25, -0.2) is 9.59 Å². The highest BCUT2D eigenvalue weighted by Gasteiger charge is 2.25. The number of hydrogen-bond donors (Lipinski definition) is 3. The average molecular weight is 438 g/mol. The summed E-state index contributed by atoms with van der Waals surface area (Å²) in [7, 11) is 0. The smallest absolute Gasteiger partial charge is 0.409 e. The van der Waals surface area contributed by atoms with Gasteiger partial charge in [0, 0.05) is 25.2 Å². The monoisotopic (exact) mass is 438 g/mol. The predicted octanol–water partition coefficient (Wildman–Crippen LogP) is 3.48. The topological polar surface area (TPSA) is 125 Å². The number of likely N-dealkylation sites (N-methyl/N-ethyl adjacent to an activating group) is 1. The van der Waals surface area contributed by atoms with Crippen LogP contribution < -0.4 is 16.3 Å². The Labute approximate surface area is 185 Å². The number of anilines is 2. The fourth-order valence-corrected chi connectivity index (χ4v) is 3.59. The second-order valence-electron chi connectivity index (χ2n) is 7.27. The molecule has 0 fully saturated rings. The van der Waals surface area contributed by atoms with E-state index in [-0.39, 0.29) is 23.0 Å². The van der Waals surface area contributed by atoms with E-state index >= 15 is 0 Å². The Morgan fingerprint density at radius 1 is 1.12 bits per heavy atom. The summed E-state index contributed by atoms with van der Waals surface area (Å²) in [5.74, 6) is -0.124. The first kappa shape index (κ1) is 22.8. The Morgan fingerprint density at radius 3 is 2.44 bits per heavy atom. The number of hydrogen-bond acceptors (Lipinski definition) is 6. The molecule has 0 aliphatic heterocycles. The number of amides is 2. The van der Waals surface area contributed by atoms with E-state index in [1.807, 2.05) is 44.2 Å². The van der Waals surface area contributed by atoms with Crippen molar-refractivity contribution in [3.8, 4) is 0 Å². The molecule has 2 amide bonds. The second-order valence-corrected chi connectivity index (χ2v) is 7.27. The molecule has 3 aromatic rings. The van der Waals surface area contributed by atoms with Crippen LogP contribution in [0.15, 0.2) is 51.7 Å². The maximum atomic E-state index is 13.1. The third kappa shape index (κ3) is 5.05. The lowest BCUT2D eigenvalue weighted by atomic mass is 10.0. The van der Waals surface area contributed by atoms with Gasteiger partial charge in [0.25, 0.3) is 6.01 Å². The standard InChI is InChI=1S/C23H26N4O5/c1-4-27(5-2)20(28)18(13-15-9-7-6-8-10-15)25-22-24-17-12-11-16(26-23(30)31)14(3)19(17)21(29)32-22/h6-12,18,26H,4-5,13H2,1-3H3,(H,24,25)(H,30,31)/t18-/m0/s1. The van der Waals surface area contributed by atoms with Crippen LogP contribution in [0.25, 0.3) is 10.9 Å². The van der Waals surface area contributed by atoms with Gasteiger partial charge in [0.1, 0.15) is 6.04 Å².